The molecule has 0 aliphatic rings. The molecule has 3 rings (SSSR count). The van der Waals surface area contributed by atoms with Crippen molar-refractivity contribution in [3.63, 3.8) is 0 Å². The molecule has 134 valence electrons. The first-order chi connectivity index (χ1) is 12.6. The van der Waals surface area contributed by atoms with Gasteiger partial charge in [-0.2, -0.15) is 0 Å². The Balaban J connectivity index is 1.49. The van der Waals surface area contributed by atoms with Crippen LogP contribution >= 0.6 is 11.8 Å². The molecule has 2 aromatic heterocycles. The minimum atomic E-state index is -0.00274. The Morgan fingerprint density at radius 1 is 1.15 bits per heavy atom. The molecule has 2 heterocycles. The number of rotatable bonds is 7. The number of pyridine rings is 1. The average Bonchev–Trinajstić information content (AvgIpc) is 3.03. The van der Waals surface area contributed by atoms with Crippen molar-refractivity contribution < 1.29 is 4.79 Å². The van der Waals surface area contributed by atoms with Crippen LogP contribution in [0.4, 0.5) is 0 Å². The molecule has 0 unspecified atom stereocenters. The summed E-state index contributed by atoms with van der Waals surface area (Å²) in [6.45, 7) is 2.72. The van der Waals surface area contributed by atoms with E-state index >= 15 is 0 Å². The molecular weight excluding hydrogens is 346 g/mol. The molecule has 0 saturated carbocycles. The summed E-state index contributed by atoms with van der Waals surface area (Å²) in [5, 5.41) is 12.1. The van der Waals surface area contributed by atoms with Crippen molar-refractivity contribution >= 4 is 17.7 Å². The quantitative estimate of drug-likeness (QED) is 0.650. The minimum Gasteiger partial charge on any atom is -0.355 e. The fourth-order valence-corrected chi connectivity index (χ4v) is 3.34. The van der Waals surface area contributed by atoms with Crippen molar-refractivity contribution in [3.05, 3.63) is 59.9 Å². The van der Waals surface area contributed by atoms with Gasteiger partial charge < -0.3 is 9.88 Å². The number of hydrogen-bond donors (Lipinski definition) is 1. The summed E-state index contributed by atoms with van der Waals surface area (Å²) >= 11 is 1.38. The van der Waals surface area contributed by atoms with E-state index in [1.54, 1.807) is 12.4 Å². The fourth-order valence-electron chi connectivity index (χ4n) is 2.60. The van der Waals surface area contributed by atoms with E-state index in [2.05, 4.69) is 39.6 Å². The third-order valence-corrected chi connectivity index (χ3v) is 5.10. The molecule has 0 fully saturated rings. The van der Waals surface area contributed by atoms with Crippen LogP contribution in [0.25, 0.3) is 11.4 Å². The Hall–Kier alpha value is -2.67. The zero-order valence-corrected chi connectivity index (χ0v) is 15.7. The van der Waals surface area contributed by atoms with Crippen LogP contribution in [0, 0.1) is 6.92 Å². The Kier molecular flexibility index (Phi) is 6.01. The highest BCUT2D eigenvalue weighted by Crippen LogP contribution is 2.21. The Morgan fingerprint density at radius 2 is 1.92 bits per heavy atom. The van der Waals surface area contributed by atoms with Gasteiger partial charge in [0.2, 0.25) is 5.91 Å². The molecule has 0 spiro atoms. The van der Waals surface area contributed by atoms with Gasteiger partial charge in [-0.3, -0.25) is 9.78 Å². The van der Waals surface area contributed by atoms with Crippen LogP contribution in [0.1, 0.15) is 11.1 Å². The third-order valence-electron chi connectivity index (χ3n) is 4.08. The van der Waals surface area contributed by atoms with E-state index < -0.39 is 0 Å². The number of nitrogens with zero attached hydrogens (tertiary/aromatic N) is 4. The highest BCUT2D eigenvalue weighted by molar-refractivity contribution is 7.99. The molecule has 3 aromatic rings. The van der Waals surface area contributed by atoms with Crippen molar-refractivity contribution in [2.75, 3.05) is 12.3 Å². The molecule has 0 aliphatic heterocycles. The Morgan fingerprint density at radius 3 is 2.69 bits per heavy atom. The van der Waals surface area contributed by atoms with Crippen LogP contribution < -0.4 is 5.32 Å². The Labute approximate surface area is 157 Å². The first kappa shape index (κ1) is 18.1. The van der Waals surface area contributed by atoms with Gasteiger partial charge in [0.05, 0.1) is 5.75 Å². The molecular formula is C19H21N5OS. The number of thioether (sulfide) groups is 1. The van der Waals surface area contributed by atoms with Gasteiger partial charge in [-0.25, -0.2) is 0 Å². The monoisotopic (exact) mass is 367 g/mol. The van der Waals surface area contributed by atoms with Crippen LogP contribution in [0.3, 0.4) is 0 Å². The molecule has 1 N–H and O–H groups in total. The van der Waals surface area contributed by atoms with E-state index in [1.807, 2.05) is 35.9 Å². The average molecular weight is 367 g/mol. The smallest absolute Gasteiger partial charge is 0.230 e. The number of hydrogen-bond acceptors (Lipinski definition) is 5. The van der Waals surface area contributed by atoms with Gasteiger partial charge in [-0.05, 0) is 36.6 Å². The Bertz CT molecular complexity index is 879. The maximum atomic E-state index is 12.1. The van der Waals surface area contributed by atoms with E-state index in [9.17, 15) is 4.79 Å². The largest absolute Gasteiger partial charge is 0.355 e. The third kappa shape index (κ3) is 4.49. The number of aryl methyl sites for hydroxylation is 1. The maximum Gasteiger partial charge on any atom is 0.230 e. The molecule has 0 saturated heterocycles. The highest BCUT2D eigenvalue weighted by Gasteiger charge is 2.12. The molecule has 6 nitrogen and oxygen atoms in total. The van der Waals surface area contributed by atoms with Gasteiger partial charge in [0, 0.05) is 31.5 Å². The van der Waals surface area contributed by atoms with Crippen LogP contribution in [0.2, 0.25) is 0 Å². The van der Waals surface area contributed by atoms with Gasteiger partial charge >= 0.3 is 0 Å². The number of amides is 1. The van der Waals surface area contributed by atoms with E-state index in [0.29, 0.717) is 17.5 Å². The summed E-state index contributed by atoms with van der Waals surface area (Å²) in [6, 6.07) is 12.0. The lowest BCUT2D eigenvalue weighted by molar-refractivity contribution is -0.118. The van der Waals surface area contributed by atoms with E-state index in [-0.39, 0.29) is 5.91 Å². The van der Waals surface area contributed by atoms with Crippen LogP contribution in [-0.4, -0.2) is 38.0 Å². The van der Waals surface area contributed by atoms with E-state index in [4.69, 9.17) is 0 Å². The summed E-state index contributed by atoms with van der Waals surface area (Å²) in [5.74, 6) is 1.07. The summed E-state index contributed by atoms with van der Waals surface area (Å²) in [7, 11) is 1.90. The normalized spacial score (nSPS) is 10.7. The lowest BCUT2D eigenvalue weighted by Crippen LogP contribution is -2.27. The lowest BCUT2D eigenvalue weighted by atomic mass is 10.1. The second kappa shape index (κ2) is 8.62. The van der Waals surface area contributed by atoms with E-state index in [1.165, 1.54) is 22.9 Å². The standard InChI is InChI=1S/C19H21N5OS/c1-14-5-3-4-6-15(14)9-12-21-17(25)13-26-19-23-22-18(24(19)2)16-7-10-20-11-8-16/h3-8,10-11H,9,12-13H2,1-2H3,(H,21,25). The van der Waals surface area contributed by atoms with Crippen molar-refractivity contribution in [2.45, 2.75) is 18.5 Å². The summed E-state index contributed by atoms with van der Waals surface area (Å²) < 4.78 is 1.89. The summed E-state index contributed by atoms with van der Waals surface area (Å²) in [5.41, 5.74) is 3.46. The van der Waals surface area contributed by atoms with Gasteiger partial charge in [0.25, 0.3) is 0 Å². The molecule has 1 amide bonds. The first-order valence-corrected chi connectivity index (χ1v) is 9.37. The zero-order chi connectivity index (χ0) is 18.4. The first-order valence-electron chi connectivity index (χ1n) is 8.39. The number of carbonyl (C=O) groups is 1. The van der Waals surface area contributed by atoms with Gasteiger partial charge in [-0.15, -0.1) is 10.2 Å². The topological polar surface area (TPSA) is 72.7 Å². The van der Waals surface area contributed by atoms with Crippen LogP contribution in [0.5, 0.6) is 0 Å². The second-order valence-electron chi connectivity index (χ2n) is 5.92. The van der Waals surface area contributed by atoms with Gasteiger partial charge in [0.15, 0.2) is 11.0 Å². The molecule has 0 aliphatic carbocycles. The van der Waals surface area contributed by atoms with Crippen molar-refractivity contribution in [1.82, 2.24) is 25.1 Å². The van der Waals surface area contributed by atoms with Crippen molar-refractivity contribution in [3.8, 4) is 11.4 Å². The van der Waals surface area contributed by atoms with Gasteiger partial charge in [0.1, 0.15) is 0 Å². The number of aromatic nitrogens is 4. The highest BCUT2D eigenvalue weighted by atomic mass is 32.2. The number of carbonyl (C=O) groups excluding carboxylic acids is 1. The SMILES string of the molecule is Cc1ccccc1CCNC(=O)CSc1nnc(-c2ccncc2)n1C. The lowest BCUT2D eigenvalue weighted by Gasteiger charge is -2.07. The molecule has 7 heteroatoms. The summed E-state index contributed by atoms with van der Waals surface area (Å²) in [4.78, 5) is 16.1. The van der Waals surface area contributed by atoms with Crippen molar-refractivity contribution in [1.29, 1.82) is 0 Å². The summed E-state index contributed by atoms with van der Waals surface area (Å²) in [6.07, 6.45) is 4.27. The van der Waals surface area contributed by atoms with Crippen LogP contribution in [0.15, 0.2) is 53.9 Å². The minimum absolute atomic E-state index is 0.00274. The zero-order valence-electron chi connectivity index (χ0n) is 14.8. The molecule has 0 radical (unpaired) electrons. The van der Waals surface area contributed by atoms with Gasteiger partial charge in [-0.1, -0.05) is 36.0 Å². The van der Waals surface area contributed by atoms with Crippen molar-refractivity contribution in [2.24, 2.45) is 7.05 Å². The predicted molar refractivity (Wildman–Crippen MR) is 103 cm³/mol. The fraction of sp³-hybridized carbons (Fsp3) is 0.263. The second-order valence-corrected chi connectivity index (χ2v) is 6.86. The number of nitrogens with one attached hydrogen (secondary N) is 1. The molecule has 1 aromatic carbocycles. The maximum absolute atomic E-state index is 12.1. The molecule has 26 heavy (non-hydrogen) atoms. The van der Waals surface area contributed by atoms with Crippen LogP contribution in [-0.2, 0) is 18.3 Å². The van der Waals surface area contributed by atoms with E-state index in [0.717, 1.165) is 17.8 Å². The molecule has 0 atom stereocenters. The predicted octanol–water partition coefficient (Wildman–Crippen LogP) is 2.64. The molecule has 0 bridgehead atoms. The number of benzene rings is 1.